The third-order valence-corrected chi connectivity index (χ3v) is 4.04. The van der Waals surface area contributed by atoms with Crippen molar-refractivity contribution in [1.82, 2.24) is 10.2 Å². The number of amides is 2. The van der Waals surface area contributed by atoms with Crippen LogP contribution >= 0.6 is 0 Å². The molecule has 0 radical (unpaired) electrons. The van der Waals surface area contributed by atoms with E-state index in [0.717, 1.165) is 5.56 Å². The number of rotatable bonds is 2. The number of carbonyl (C=O) groups excluding carboxylic acids is 3. The molecule has 108 valence electrons. The van der Waals surface area contributed by atoms with E-state index in [9.17, 15) is 14.4 Å². The Morgan fingerprint density at radius 2 is 2.14 bits per heavy atom. The molecule has 3 rings (SSSR count). The van der Waals surface area contributed by atoms with Gasteiger partial charge in [0.1, 0.15) is 6.04 Å². The SMILES string of the molecule is C=C1CCC(N2Cc3cc(C(C)=O)ccc3C2=O)C(=O)N1. The predicted octanol–water partition coefficient (Wildman–Crippen LogP) is 1.64. The average molecular weight is 284 g/mol. The summed E-state index contributed by atoms with van der Waals surface area (Å²) in [6, 6.07) is 4.62. The van der Waals surface area contributed by atoms with Crippen LogP contribution in [0, 0.1) is 0 Å². The summed E-state index contributed by atoms with van der Waals surface area (Å²) < 4.78 is 0. The van der Waals surface area contributed by atoms with E-state index in [0.29, 0.717) is 36.2 Å². The Morgan fingerprint density at radius 3 is 2.81 bits per heavy atom. The van der Waals surface area contributed by atoms with Gasteiger partial charge >= 0.3 is 0 Å². The molecule has 2 heterocycles. The fourth-order valence-electron chi connectivity index (χ4n) is 2.87. The van der Waals surface area contributed by atoms with Gasteiger partial charge in [0.15, 0.2) is 5.78 Å². The van der Waals surface area contributed by atoms with Crippen molar-refractivity contribution in [3.8, 4) is 0 Å². The zero-order valence-electron chi connectivity index (χ0n) is 11.8. The molecule has 2 aliphatic heterocycles. The number of ketones is 1. The molecular weight excluding hydrogens is 268 g/mol. The van der Waals surface area contributed by atoms with Gasteiger partial charge in [-0.15, -0.1) is 0 Å². The van der Waals surface area contributed by atoms with Crippen LogP contribution < -0.4 is 5.32 Å². The number of benzene rings is 1. The van der Waals surface area contributed by atoms with Gasteiger partial charge in [-0.25, -0.2) is 0 Å². The zero-order chi connectivity index (χ0) is 15.1. The number of Topliss-reactive ketones (excluding diaryl/α,β-unsaturated/α-hetero) is 1. The lowest BCUT2D eigenvalue weighted by atomic mass is 10.0. The summed E-state index contributed by atoms with van der Waals surface area (Å²) in [4.78, 5) is 37.5. The molecule has 5 nitrogen and oxygen atoms in total. The molecule has 1 unspecified atom stereocenters. The van der Waals surface area contributed by atoms with Gasteiger partial charge in [0.2, 0.25) is 5.91 Å². The van der Waals surface area contributed by atoms with Crippen molar-refractivity contribution in [2.45, 2.75) is 32.4 Å². The minimum atomic E-state index is -0.462. The molecule has 1 N–H and O–H groups in total. The molecule has 5 heteroatoms. The van der Waals surface area contributed by atoms with Crippen molar-refractivity contribution in [3.63, 3.8) is 0 Å². The van der Waals surface area contributed by atoms with Gasteiger partial charge in [0.25, 0.3) is 5.91 Å². The van der Waals surface area contributed by atoms with E-state index in [1.54, 1.807) is 23.1 Å². The summed E-state index contributed by atoms with van der Waals surface area (Å²) in [6.07, 6.45) is 1.26. The van der Waals surface area contributed by atoms with Crippen LogP contribution in [-0.2, 0) is 11.3 Å². The molecule has 0 aromatic heterocycles. The van der Waals surface area contributed by atoms with E-state index in [1.807, 2.05) is 0 Å². The molecule has 0 saturated carbocycles. The third kappa shape index (κ3) is 2.24. The maximum Gasteiger partial charge on any atom is 0.255 e. The third-order valence-electron chi connectivity index (χ3n) is 4.04. The number of fused-ring (bicyclic) bond motifs is 1. The van der Waals surface area contributed by atoms with Gasteiger partial charge in [-0.2, -0.15) is 0 Å². The fourth-order valence-corrected chi connectivity index (χ4v) is 2.87. The Kier molecular flexibility index (Phi) is 3.12. The molecule has 2 aliphatic rings. The fraction of sp³-hybridized carbons (Fsp3) is 0.312. The lowest BCUT2D eigenvalue weighted by molar-refractivity contribution is -0.126. The topological polar surface area (TPSA) is 66.5 Å². The second kappa shape index (κ2) is 4.84. The number of allylic oxidation sites excluding steroid dienone is 1. The Bertz CT molecular complexity index is 678. The molecule has 0 bridgehead atoms. The van der Waals surface area contributed by atoms with E-state index < -0.39 is 6.04 Å². The van der Waals surface area contributed by atoms with Crippen LogP contribution in [-0.4, -0.2) is 28.5 Å². The van der Waals surface area contributed by atoms with Crippen molar-refractivity contribution in [2.75, 3.05) is 0 Å². The highest BCUT2D eigenvalue weighted by Crippen LogP contribution is 2.29. The molecule has 1 atom stereocenters. The summed E-state index contributed by atoms with van der Waals surface area (Å²) in [5.41, 5.74) is 2.67. The Labute approximate surface area is 122 Å². The minimum absolute atomic E-state index is 0.0320. The summed E-state index contributed by atoms with van der Waals surface area (Å²) in [7, 11) is 0. The molecule has 1 aromatic carbocycles. The number of carbonyl (C=O) groups is 3. The maximum atomic E-state index is 12.4. The van der Waals surface area contributed by atoms with Crippen LogP contribution in [0.5, 0.6) is 0 Å². The molecule has 21 heavy (non-hydrogen) atoms. The molecule has 1 fully saturated rings. The minimum Gasteiger partial charge on any atom is -0.329 e. The first kappa shape index (κ1) is 13.5. The average Bonchev–Trinajstić information content (AvgIpc) is 2.75. The maximum absolute atomic E-state index is 12.4. The summed E-state index contributed by atoms with van der Waals surface area (Å²) in [5, 5.41) is 2.70. The summed E-state index contributed by atoms with van der Waals surface area (Å²) >= 11 is 0. The molecular formula is C16H16N2O3. The highest BCUT2D eigenvalue weighted by molar-refractivity contribution is 6.03. The number of nitrogens with zero attached hydrogens (tertiary/aromatic N) is 1. The van der Waals surface area contributed by atoms with Crippen LogP contribution in [0.4, 0.5) is 0 Å². The molecule has 1 saturated heterocycles. The number of hydrogen-bond donors (Lipinski definition) is 1. The van der Waals surface area contributed by atoms with Crippen molar-refractivity contribution in [3.05, 3.63) is 47.2 Å². The van der Waals surface area contributed by atoms with Gasteiger partial charge in [-0.1, -0.05) is 12.6 Å². The second-order valence-corrected chi connectivity index (χ2v) is 5.51. The van der Waals surface area contributed by atoms with Crippen LogP contribution in [0.3, 0.4) is 0 Å². The van der Waals surface area contributed by atoms with Crippen molar-refractivity contribution in [1.29, 1.82) is 0 Å². The zero-order valence-corrected chi connectivity index (χ0v) is 11.8. The van der Waals surface area contributed by atoms with Crippen molar-refractivity contribution < 1.29 is 14.4 Å². The first-order chi connectivity index (χ1) is 9.97. The van der Waals surface area contributed by atoms with Gasteiger partial charge < -0.3 is 10.2 Å². The van der Waals surface area contributed by atoms with Crippen molar-refractivity contribution in [2.24, 2.45) is 0 Å². The quantitative estimate of drug-likeness (QED) is 0.839. The lowest BCUT2D eigenvalue weighted by Gasteiger charge is -2.30. The van der Waals surface area contributed by atoms with Gasteiger partial charge in [-0.05, 0) is 37.5 Å². The van der Waals surface area contributed by atoms with Gasteiger partial charge in [0.05, 0.1) is 0 Å². The second-order valence-electron chi connectivity index (χ2n) is 5.51. The lowest BCUT2D eigenvalue weighted by Crippen LogP contribution is -2.49. The number of hydrogen-bond acceptors (Lipinski definition) is 3. The number of piperidine rings is 1. The summed E-state index contributed by atoms with van der Waals surface area (Å²) in [5.74, 6) is -0.359. The van der Waals surface area contributed by atoms with Crippen LogP contribution in [0.1, 0.15) is 46.0 Å². The van der Waals surface area contributed by atoms with E-state index in [2.05, 4.69) is 11.9 Å². The standard InChI is InChI=1S/C16H16N2O3/c1-9-3-6-14(15(20)17-9)18-8-12-7-11(10(2)19)4-5-13(12)16(18)21/h4-5,7,14H,1,3,6,8H2,2H3,(H,17,20). The van der Waals surface area contributed by atoms with Gasteiger partial charge in [0, 0.05) is 23.4 Å². The van der Waals surface area contributed by atoms with Crippen LogP contribution in [0.2, 0.25) is 0 Å². The Balaban J connectivity index is 1.88. The smallest absolute Gasteiger partial charge is 0.255 e. The Hall–Kier alpha value is -2.43. The van der Waals surface area contributed by atoms with Crippen molar-refractivity contribution >= 4 is 17.6 Å². The van der Waals surface area contributed by atoms with E-state index in [4.69, 9.17) is 0 Å². The predicted molar refractivity (Wildman–Crippen MR) is 76.6 cm³/mol. The molecule has 0 spiro atoms. The van der Waals surface area contributed by atoms with E-state index in [1.165, 1.54) is 6.92 Å². The molecule has 2 amide bonds. The number of nitrogens with one attached hydrogen (secondary N) is 1. The van der Waals surface area contributed by atoms with E-state index >= 15 is 0 Å². The molecule has 1 aromatic rings. The Morgan fingerprint density at radius 1 is 1.38 bits per heavy atom. The van der Waals surface area contributed by atoms with Gasteiger partial charge in [-0.3, -0.25) is 14.4 Å². The highest BCUT2D eigenvalue weighted by atomic mass is 16.2. The molecule has 0 aliphatic carbocycles. The monoisotopic (exact) mass is 284 g/mol. The normalized spacial score (nSPS) is 21.3. The van der Waals surface area contributed by atoms with Crippen LogP contribution in [0.15, 0.2) is 30.5 Å². The largest absolute Gasteiger partial charge is 0.329 e. The highest BCUT2D eigenvalue weighted by Gasteiger charge is 2.38. The first-order valence-corrected chi connectivity index (χ1v) is 6.91. The van der Waals surface area contributed by atoms with Crippen LogP contribution in [0.25, 0.3) is 0 Å². The summed E-state index contributed by atoms with van der Waals surface area (Å²) in [6.45, 7) is 5.61. The van der Waals surface area contributed by atoms with E-state index in [-0.39, 0.29) is 17.6 Å². The first-order valence-electron chi connectivity index (χ1n) is 6.91.